The average Bonchev–Trinajstić information content (AvgIpc) is 3.11. The second-order valence-electron chi connectivity index (χ2n) is 5.18. The summed E-state index contributed by atoms with van der Waals surface area (Å²) in [5.41, 5.74) is 2.43. The minimum Gasteiger partial charge on any atom is -0.350 e. The van der Waals surface area contributed by atoms with E-state index in [-0.39, 0.29) is 24.3 Å². The van der Waals surface area contributed by atoms with Crippen LogP contribution in [0, 0.1) is 0 Å². The molecule has 2 heterocycles. The minimum atomic E-state index is -0.245. The van der Waals surface area contributed by atoms with Crippen LogP contribution in [0.5, 0.6) is 0 Å². The first kappa shape index (κ1) is 14.7. The number of carbonyl (C=O) groups is 2. The van der Waals surface area contributed by atoms with E-state index >= 15 is 0 Å². The quantitative estimate of drug-likeness (QED) is 0.888. The van der Waals surface area contributed by atoms with Crippen LogP contribution in [0.15, 0.2) is 29.6 Å². The van der Waals surface area contributed by atoms with Crippen molar-refractivity contribution in [3.8, 4) is 0 Å². The lowest BCUT2D eigenvalue weighted by Crippen LogP contribution is -2.28. The summed E-state index contributed by atoms with van der Waals surface area (Å²) in [5, 5.41) is 8.75. The summed E-state index contributed by atoms with van der Waals surface area (Å²) >= 11 is 1.61. The average molecular weight is 315 g/mol. The molecule has 2 amide bonds. The summed E-state index contributed by atoms with van der Waals surface area (Å²) in [7, 11) is 0. The van der Waals surface area contributed by atoms with Crippen molar-refractivity contribution in [1.29, 1.82) is 0 Å². The van der Waals surface area contributed by atoms with E-state index in [1.165, 1.54) is 0 Å². The molecular weight excluding hydrogens is 298 g/mol. The molecule has 0 bridgehead atoms. The third-order valence-electron chi connectivity index (χ3n) is 3.64. The number of nitrogens with one attached hydrogen (secondary N) is 2. The number of amides is 2. The number of aryl methyl sites for hydroxylation is 1. The molecule has 1 atom stereocenters. The SMILES string of the molecule is CCc1nc(CNC(=O)CC2NC(=O)c3ccccc32)cs1. The normalized spacial score (nSPS) is 16.2. The smallest absolute Gasteiger partial charge is 0.252 e. The first-order chi connectivity index (χ1) is 10.7. The zero-order valence-corrected chi connectivity index (χ0v) is 13.1. The van der Waals surface area contributed by atoms with Gasteiger partial charge in [0.25, 0.3) is 5.91 Å². The highest BCUT2D eigenvalue weighted by atomic mass is 32.1. The van der Waals surface area contributed by atoms with Gasteiger partial charge in [-0.2, -0.15) is 0 Å². The molecule has 22 heavy (non-hydrogen) atoms. The number of benzene rings is 1. The molecule has 6 heteroatoms. The monoisotopic (exact) mass is 315 g/mol. The van der Waals surface area contributed by atoms with Gasteiger partial charge >= 0.3 is 0 Å². The Kier molecular flexibility index (Phi) is 4.20. The molecule has 0 aliphatic carbocycles. The second-order valence-corrected chi connectivity index (χ2v) is 6.12. The second kappa shape index (κ2) is 6.27. The molecule has 1 unspecified atom stereocenters. The fourth-order valence-corrected chi connectivity index (χ4v) is 3.27. The number of carbonyl (C=O) groups excluding carboxylic acids is 2. The lowest BCUT2D eigenvalue weighted by Gasteiger charge is -2.11. The van der Waals surface area contributed by atoms with Gasteiger partial charge in [-0.3, -0.25) is 9.59 Å². The van der Waals surface area contributed by atoms with Crippen LogP contribution in [0.2, 0.25) is 0 Å². The molecule has 5 nitrogen and oxygen atoms in total. The van der Waals surface area contributed by atoms with Crippen LogP contribution in [0.3, 0.4) is 0 Å². The molecule has 1 aromatic heterocycles. The topological polar surface area (TPSA) is 71.1 Å². The van der Waals surface area contributed by atoms with Crippen molar-refractivity contribution in [2.24, 2.45) is 0 Å². The van der Waals surface area contributed by atoms with Crippen LogP contribution in [0.1, 0.15) is 46.0 Å². The lowest BCUT2D eigenvalue weighted by molar-refractivity contribution is -0.121. The van der Waals surface area contributed by atoms with Gasteiger partial charge in [0.05, 0.1) is 29.7 Å². The molecule has 1 aromatic carbocycles. The van der Waals surface area contributed by atoms with Gasteiger partial charge in [0.15, 0.2) is 0 Å². The van der Waals surface area contributed by atoms with Gasteiger partial charge in [-0.25, -0.2) is 4.98 Å². The maximum atomic E-state index is 12.1. The van der Waals surface area contributed by atoms with Crippen LogP contribution < -0.4 is 10.6 Å². The van der Waals surface area contributed by atoms with Crippen LogP contribution >= 0.6 is 11.3 Å². The van der Waals surface area contributed by atoms with Gasteiger partial charge in [-0.05, 0) is 18.1 Å². The van der Waals surface area contributed by atoms with Crippen molar-refractivity contribution in [3.05, 3.63) is 51.5 Å². The summed E-state index contributed by atoms with van der Waals surface area (Å²) in [4.78, 5) is 28.3. The summed E-state index contributed by atoms with van der Waals surface area (Å²) < 4.78 is 0. The molecule has 0 radical (unpaired) electrons. The Morgan fingerprint density at radius 3 is 3.00 bits per heavy atom. The number of nitrogens with zero attached hydrogens (tertiary/aromatic N) is 1. The fourth-order valence-electron chi connectivity index (χ4n) is 2.52. The Bertz CT molecular complexity index is 711. The molecule has 1 aliphatic rings. The van der Waals surface area contributed by atoms with E-state index in [1.54, 1.807) is 17.4 Å². The van der Waals surface area contributed by atoms with E-state index in [2.05, 4.69) is 22.5 Å². The first-order valence-corrected chi connectivity index (χ1v) is 8.15. The van der Waals surface area contributed by atoms with E-state index in [9.17, 15) is 9.59 Å². The summed E-state index contributed by atoms with van der Waals surface area (Å²) in [6, 6.07) is 7.13. The summed E-state index contributed by atoms with van der Waals surface area (Å²) in [6.45, 7) is 2.49. The minimum absolute atomic E-state index is 0.0898. The van der Waals surface area contributed by atoms with Crippen molar-refractivity contribution in [1.82, 2.24) is 15.6 Å². The van der Waals surface area contributed by atoms with Gasteiger partial charge in [0.2, 0.25) is 5.91 Å². The van der Waals surface area contributed by atoms with Crippen molar-refractivity contribution < 1.29 is 9.59 Å². The zero-order chi connectivity index (χ0) is 15.5. The number of hydrogen-bond acceptors (Lipinski definition) is 4. The number of fused-ring (bicyclic) bond motifs is 1. The Labute approximate surface area is 132 Å². The maximum absolute atomic E-state index is 12.1. The largest absolute Gasteiger partial charge is 0.350 e. The molecule has 0 fully saturated rings. The van der Waals surface area contributed by atoms with E-state index in [1.807, 2.05) is 23.6 Å². The molecule has 2 N–H and O–H groups in total. The zero-order valence-electron chi connectivity index (χ0n) is 12.3. The Morgan fingerprint density at radius 2 is 2.23 bits per heavy atom. The fraction of sp³-hybridized carbons (Fsp3) is 0.312. The van der Waals surface area contributed by atoms with Gasteiger partial charge in [0, 0.05) is 10.9 Å². The van der Waals surface area contributed by atoms with E-state index in [0.717, 1.165) is 22.7 Å². The van der Waals surface area contributed by atoms with Crippen LogP contribution in [-0.2, 0) is 17.8 Å². The number of hydrogen-bond donors (Lipinski definition) is 2. The third-order valence-corrected chi connectivity index (χ3v) is 4.69. The first-order valence-electron chi connectivity index (χ1n) is 7.27. The Balaban J connectivity index is 1.57. The number of aromatic nitrogens is 1. The molecule has 3 rings (SSSR count). The van der Waals surface area contributed by atoms with Crippen LogP contribution in [-0.4, -0.2) is 16.8 Å². The third kappa shape index (κ3) is 3.01. The van der Waals surface area contributed by atoms with Crippen molar-refractivity contribution in [3.63, 3.8) is 0 Å². The van der Waals surface area contributed by atoms with E-state index in [0.29, 0.717) is 12.1 Å². The number of thiazole rings is 1. The highest BCUT2D eigenvalue weighted by Gasteiger charge is 2.29. The maximum Gasteiger partial charge on any atom is 0.252 e. The standard InChI is InChI=1S/C16H17N3O2S/c1-2-15-18-10(9-22-15)8-17-14(20)7-13-11-5-3-4-6-12(11)16(21)19-13/h3-6,9,13H,2,7-8H2,1H3,(H,17,20)(H,19,21). The highest BCUT2D eigenvalue weighted by molar-refractivity contribution is 7.09. The highest BCUT2D eigenvalue weighted by Crippen LogP contribution is 2.27. The summed E-state index contributed by atoms with van der Waals surface area (Å²) in [6.07, 6.45) is 1.15. The van der Waals surface area contributed by atoms with Gasteiger partial charge < -0.3 is 10.6 Å². The van der Waals surface area contributed by atoms with Crippen LogP contribution in [0.4, 0.5) is 0 Å². The van der Waals surface area contributed by atoms with Crippen molar-refractivity contribution in [2.45, 2.75) is 32.4 Å². The van der Waals surface area contributed by atoms with Gasteiger partial charge in [-0.15, -0.1) is 11.3 Å². The molecular formula is C16H17N3O2S. The molecule has 114 valence electrons. The number of rotatable bonds is 5. The predicted molar refractivity (Wildman–Crippen MR) is 84.6 cm³/mol. The van der Waals surface area contributed by atoms with Gasteiger partial charge in [-0.1, -0.05) is 25.1 Å². The Morgan fingerprint density at radius 1 is 1.41 bits per heavy atom. The molecule has 0 spiro atoms. The molecule has 0 saturated carbocycles. The van der Waals surface area contributed by atoms with Crippen LogP contribution in [0.25, 0.3) is 0 Å². The Hall–Kier alpha value is -2.21. The predicted octanol–water partition coefficient (Wildman–Crippen LogP) is 2.20. The van der Waals surface area contributed by atoms with Gasteiger partial charge in [0.1, 0.15) is 0 Å². The molecule has 0 saturated heterocycles. The lowest BCUT2D eigenvalue weighted by atomic mass is 10.0. The van der Waals surface area contributed by atoms with Crippen molar-refractivity contribution in [2.75, 3.05) is 0 Å². The van der Waals surface area contributed by atoms with E-state index < -0.39 is 0 Å². The van der Waals surface area contributed by atoms with E-state index in [4.69, 9.17) is 0 Å². The summed E-state index contributed by atoms with van der Waals surface area (Å²) in [5.74, 6) is -0.200. The van der Waals surface area contributed by atoms with Crippen molar-refractivity contribution >= 4 is 23.2 Å². The molecule has 2 aromatic rings. The molecule has 1 aliphatic heterocycles.